The van der Waals surface area contributed by atoms with E-state index in [1.165, 1.54) is 9.80 Å². The lowest BCUT2D eigenvalue weighted by molar-refractivity contribution is -0.143. The summed E-state index contributed by atoms with van der Waals surface area (Å²) in [5.74, 6) is -3.83. The van der Waals surface area contributed by atoms with Crippen molar-refractivity contribution in [2.75, 3.05) is 40.4 Å². The standard InChI is InChI=1S/C44H62N6O10/c1-7-17-33(38(52)40(54)45-27-35(51)47-36(41(55)49(5)6)29-18-11-8-12-19-29)46-39(53)34-26-32(59-25-24-58-31-22-15-10-16-23-31)28-50(34)42(56)37(30-20-13-9-14-21-30)48-43(57)60-44(2,3)4/h8,10-12,15-16,18-19,22-23,30,32-34,36-37H,7,9,13-14,17,20-21,24-28H2,1-6H3,(H,45,54)(H,46,53)(H,47,51)(H,48,57)/t32?,33?,34-,36?,37?/m0/s1. The lowest BCUT2D eigenvalue weighted by Gasteiger charge is -2.35. The number of likely N-dealkylation sites (tertiary alicyclic amines) is 1. The highest BCUT2D eigenvalue weighted by molar-refractivity contribution is 6.38. The summed E-state index contributed by atoms with van der Waals surface area (Å²) in [7, 11) is 3.11. The molecule has 1 saturated carbocycles. The summed E-state index contributed by atoms with van der Waals surface area (Å²) in [5.41, 5.74) is -0.274. The molecule has 328 valence electrons. The molecule has 4 unspecified atom stereocenters. The minimum atomic E-state index is -1.27. The molecule has 1 saturated heterocycles. The zero-order valence-corrected chi connectivity index (χ0v) is 35.7. The van der Waals surface area contributed by atoms with Gasteiger partial charge < -0.3 is 45.3 Å². The Hall–Kier alpha value is -5.51. The Morgan fingerprint density at radius 2 is 1.50 bits per heavy atom. The van der Waals surface area contributed by atoms with Crippen LogP contribution in [0.3, 0.4) is 0 Å². The fourth-order valence-electron chi connectivity index (χ4n) is 7.40. The minimum absolute atomic E-state index is 0.0315. The van der Waals surface area contributed by atoms with E-state index in [-0.39, 0.29) is 44.4 Å². The number of ketones is 1. The third-order valence-corrected chi connectivity index (χ3v) is 10.3. The Balaban J connectivity index is 1.48. The van der Waals surface area contributed by atoms with Crippen LogP contribution in [0.15, 0.2) is 60.7 Å². The number of rotatable bonds is 19. The van der Waals surface area contributed by atoms with Crippen LogP contribution in [0, 0.1) is 5.92 Å². The number of nitrogens with zero attached hydrogens (tertiary/aromatic N) is 2. The number of carbonyl (C=O) groups excluding carboxylic acids is 7. The first-order chi connectivity index (χ1) is 28.6. The molecule has 1 aliphatic carbocycles. The maximum absolute atomic E-state index is 14.6. The number of hydrogen-bond donors (Lipinski definition) is 4. The van der Waals surface area contributed by atoms with Gasteiger partial charge in [-0.3, -0.25) is 28.8 Å². The van der Waals surface area contributed by atoms with E-state index >= 15 is 0 Å². The molecule has 1 heterocycles. The monoisotopic (exact) mass is 834 g/mol. The smallest absolute Gasteiger partial charge is 0.408 e. The van der Waals surface area contributed by atoms with Crippen LogP contribution in [0.1, 0.15) is 90.7 Å². The Labute approximate surface area is 352 Å². The summed E-state index contributed by atoms with van der Waals surface area (Å²) < 4.78 is 17.4. The highest BCUT2D eigenvalue weighted by atomic mass is 16.6. The molecular formula is C44H62N6O10. The van der Waals surface area contributed by atoms with Crippen LogP contribution in [-0.4, -0.2) is 121 Å². The van der Waals surface area contributed by atoms with Crippen molar-refractivity contribution in [3.63, 3.8) is 0 Å². The average molecular weight is 835 g/mol. The maximum Gasteiger partial charge on any atom is 0.408 e. The second-order valence-corrected chi connectivity index (χ2v) is 16.5. The molecule has 2 fully saturated rings. The van der Waals surface area contributed by atoms with Crippen LogP contribution in [0.4, 0.5) is 4.79 Å². The number of hydrogen-bond acceptors (Lipinski definition) is 10. The van der Waals surface area contributed by atoms with E-state index in [1.54, 1.807) is 72.1 Å². The van der Waals surface area contributed by atoms with Crippen LogP contribution in [-0.2, 0) is 38.2 Å². The first-order valence-electron chi connectivity index (χ1n) is 20.8. The topological polar surface area (TPSA) is 202 Å². The van der Waals surface area contributed by atoms with E-state index in [1.807, 2.05) is 30.3 Å². The highest BCUT2D eigenvalue weighted by Gasteiger charge is 2.45. The Kier molecular flexibility index (Phi) is 17.9. The van der Waals surface area contributed by atoms with Gasteiger partial charge in [-0.25, -0.2) is 4.79 Å². The number of para-hydroxylation sites is 1. The molecule has 2 aliphatic rings. The van der Waals surface area contributed by atoms with E-state index in [9.17, 15) is 33.6 Å². The number of likely N-dealkylation sites (N-methyl/N-ethyl adjacent to an activating group) is 1. The summed E-state index contributed by atoms with van der Waals surface area (Å²) in [6.07, 6.45) is 3.45. The van der Waals surface area contributed by atoms with Gasteiger partial charge in [0.1, 0.15) is 36.1 Å². The molecule has 0 radical (unpaired) electrons. The van der Waals surface area contributed by atoms with E-state index in [0.717, 1.165) is 19.3 Å². The second kappa shape index (κ2) is 22.7. The molecule has 2 aromatic carbocycles. The Morgan fingerprint density at radius 3 is 2.12 bits per heavy atom. The molecule has 0 bridgehead atoms. The number of nitrogens with one attached hydrogen (secondary N) is 4. The predicted molar refractivity (Wildman–Crippen MR) is 222 cm³/mol. The van der Waals surface area contributed by atoms with Crippen molar-refractivity contribution in [1.82, 2.24) is 31.1 Å². The van der Waals surface area contributed by atoms with Gasteiger partial charge in [-0.05, 0) is 63.6 Å². The van der Waals surface area contributed by atoms with Crippen molar-refractivity contribution in [2.24, 2.45) is 5.92 Å². The van der Waals surface area contributed by atoms with Crippen molar-refractivity contribution in [3.05, 3.63) is 66.2 Å². The fraction of sp³-hybridized carbons (Fsp3) is 0.568. The van der Waals surface area contributed by atoms with Gasteiger partial charge in [0.2, 0.25) is 29.4 Å². The van der Waals surface area contributed by atoms with Crippen molar-refractivity contribution >= 4 is 41.4 Å². The van der Waals surface area contributed by atoms with Gasteiger partial charge in [-0.15, -0.1) is 0 Å². The molecule has 0 aromatic heterocycles. The quantitative estimate of drug-likeness (QED) is 0.120. The molecule has 16 nitrogen and oxygen atoms in total. The van der Waals surface area contributed by atoms with Crippen molar-refractivity contribution in [3.8, 4) is 5.75 Å². The van der Waals surface area contributed by atoms with Crippen LogP contribution >= 0.6 is 0 Å². The molecule has 4 N–H and O–H groups in total. The summed E-state index contributed by atoms with van der Waals surface area (Å²) in [4.78, 5) is 97.2. The summed E-state index contributed by atoms with van der Waals surface area (Å²) in [5, 5.41) is 10.5. The maximum atomic E-state index is 14.6. The molecule has 0 spiro atoms. The van der Waals surface area contributed by atoms with Crippen LogP contribution in [0.5, 0.6) is 5.75 Å². The average Bonchev–Trinajstić information content (AvgIpc) is 3.66. The lowest BCUT2D eigenvalue weighted by Crippen LogP contribution is -2.58. The number of ether oxygens (including phenoxy) is 3. The molecular weight excluding hydrogens is 773 g/mol. The van der Waals surface area contributed by atoms with Crippen LogP contribution < -0.4 is 26.0 Å². The van der Waals surface area contributed by atoms with E-state index in [4.69, 9.17) is 14.2 Å². The molecule has 1 aliphatic heterocycles. The highest BCUT2D eigenvalue weighted by Crippen LogP contribution is 2.30. The first kappa shape index (κ1) is 47.2. The third-order valence-electron chi connectivity index (χ3n) is 10.3. The van der Waals surface area contributed by atoms with Crippen molar-refractivity contribution < 1.29 is 47.8 Å². The SMILES string of the molecule is CCCC(NC(=O)[C@@H]1CC(OCCOc2ccccc2)CN1C(=O)C(NC(=O)OC(C)(C)C)C1CCCCC1)C(=O)C(=O)NCC(=O)NC(C(=O)N(C)C)c1ccccc1. The number of carbonyl (C=O) groups is 7. The van der Waals surface area contributed by atoms with Gasteiger partial charge in [0, 0.05) is 27.1 Å². The number of alkyl carbamates (subject to hydrolysis) is 1. The molecule has 60 heavy (non-hydrogen) atoms. The molecule has 4 rings (SSSR count). The van der Waals surface area contributed by atoms with Gasteiger partial charge in [-0.2, -0.15) is 0 Å². The third kappa shape index (κ3) is 14.3. The van der Waals surface area contributed by atoms with E-state index < -0.39 is 77.9 Å². The zero-order chi connectivity index (χ0) is 43.8. The molecule has 5 atom stereocenters. The van der Waals surface area contributed by atoms with Crippen LogP contribution in [0.2, 0.25) is 0 Å². The first-order valence-corrected chi connectivity index (χ1v) is 20.8. The molecule has 2 aromatic rings. The van der Waals surface area contributed by atoms with Crippen molar-refractivity contribution in [1.29, 1.82) is 0 Å². The number of Topliss-reactive ketones (excluding diaryl/α,β-unsaturated/α-hetero) is 1. The largest absolute Gasteiger partial charge is 0.491 e. The molecule has 16 heteroatoms. The zero-order valence-electron chi connectivity index (χ0n) is 35.7. The number of benzene rings is 2. The van der Waals surface area contributed by atoms with Crippen LogP contribution in [0.25, 0.3) is 0 Å². The molecule has 6 amide bonds. The fourth-order valence-corrected chi connectivity index (χ4v) is 7.40. The van der Waals surface area contributed by atoms with Gasteiger partial charge in [0.15, 0.2) is 0 Å². The summed E-state index contributed by atoms with van der Waals surface area (Å²) in [6, 6.07) is 13.4. The summed E-state index contributed by atoms with van der Waals surface area (Å²) >= 11 is 0. The minimum Gasteiger partial charge on any atom is -0.491 e. The summed E-state index contributed by atoms with van der Waals surface area (Å²) in [6.45, 7) is 6.78. The van der Waals surface area contributed by atoms with Gasteiger partial charge in [0.25, 0.3) is 5.91 Å². The van der Waals surface area contributed by atoms with Crippen molar-refractivity contribution in [2.45, 2.75) is 115 Å². The Bertz CT molecular complexity index is 1760. The number of amides is 6. The van der Waals surface area contributed by atoms with E-state index in [0.29, 0.717) is 30.6 Å². The van der Waals surface area contributed by atoms with Gasteiger partial charge in [0.05, 0.1) is 25.3 Å². The van der Waals surface area contributed by atoms with Gasteiger partial charge in [-0.1, -0.05) is 81.1 Å². The Morgan fingerprint density at radius 1 is 0.850 bits per heavy atom. The van der Waals surface area contributed by atoms with E-state index in [2.05, 4.69) is 21.3 Å². The normalized spacial score (nSPS) is 18.3. The second-order valence-electron chi connectivity index (χ2n) is 16.5. The lowest BCUT2D eigenvalue weighted by atomic mass is 9.83. The predicted octanol–water partition coefficient (Wildman–Crippen LogP) is 3.44. The van der Waals surface area contributed by atoms with Gasteiger partial charge >= 0.3 is 6.09 Å².